The van der Waals surface area contributed by atoms with E-state index in [0.717, 1.165) is 17.5 Å². The summed E-state index contributed by atoms with van der Waals surface area (Å²) in [5, 5.41) is 0. The minimum atomic E-state index is -3.26. The van der Waals surface area contributed by atoms with E-state index in [-0.39, 0.29) is 18.2 Å². The van der Waals surface area contributed by atoms with Crippen LogP contribution in [-0.4, -0.2) is 42.3 Å². The van der Waals surface area contributed by atoms with Crippen LogP contribution in [0.5, 0.6) is 5.75 Å². The van der Waals surface area contributed by atoms with Gasteiger partial charge in [0.05, 0.1) is 5.52 Å². The third-order valence-corrected chi connectivity index (χ3v) is 5.22. The number of likely N-dealkylation sites (tertiary alicyclic amines) is 1. The highest BCUT2D eigenvalue weighted by Crippen LogP contribution is 2.27. The largest absolute Gasteiger partial charge is 0.441 e. The number of hydrogen-bond donors (Lipinski definition) is 0. The van der Waals surface area contributed by atoms with E-state index in [0.29, 0.717) is 38.0 Å². The Morgan fingerprint density at radius 3 is 2.57 bits per heavy atom. The molecule has 1 aliphatic heterocycles. The second-order valence-electron chi connectivity index (χ2n) is 7.80. The van der Waals surface area contributed by atoms with E-state index in [2.05, 4.69) is 11.7 Å². The molecule has 0 spiro atoms. The standard InChI is InChI=1S/C21H21BF2N2O4/c1-13-8-9-25(11-13)19(27)12-26-17-10-15(4-7-18(17)29-20(26)28)14-2-5-16(6-3-14)30-21(22,23)24/h2-7,10,13H,8-9,11-12,22H2,1H3. The van der Waals surface area contributed by atoms with Gasteiger partial charge in [0.25, 0.3) is 0 Å². The summed E-state index contributed by atoms with van der Waals surface area (Å²) < 4.78 is 37.2. The Bertz CT molecular complexity index is 1130. The highest BCUT2D eigenvalue weighted by Gasteiger charge is 2.25. The Labute approximate surface area is 172 Å². The monoisotopic (exact) mass is 414 g/mol. The number of carbonyl (C=O) groups excluding carboxylic acids is 1. The number of halogens is 2. The maximum atomic E-state index is 13.0. The normalized spacial score (nSPS) is 16.9. The number of rotatable bonds is 5. The van der Waals surface area contributed by atoms with Crippen LogP contribution >= 0.6 is 0 Å². The van der Waals surface area contributed by atoms with Crippen molar-refractivity contribution in [2.24, 2.45) is 5.92 Å². The molecule has 0 radical (unpaired) electrons. The molecule has 1 aromatic heterocycles. The van der Waals surface area contributed by atoms with Crippen LogP contribution < -0.4 is 10.5 Å². The van der Waals surface area contributed by atoms with Crippen molar-refractivity contribution in [2.75, 3.05) is 13.1 Å². The molecule has 0 saturated carbocycles. The second kappa shape index (κ2) is 7.62. The smallest absolute Gasteiger partial charge is 0.420 e. The second-order valence-corrected chi connectivity index (χ2v) is 7.80. The number of benzene rings is 2. The minimum absolute atomic E-state index is 0.0537. The van der Waals surface area contributed by atoms with E-state index in [4.69, 9.17) is 4.42 Å². The van der Waals surface area contributed by atoms with Crippen LogP contribution in [0.2, 0.25) is 0 Å². The van der Waals surface area contributed by atoms with Gasteiger partial charge in [0.15, 0.2) is 5.58 Å². The molecule has 2 aromatic carbocycles. The Morgan fingerprint density at radius 1 is 1.23 bits per heavy atom. The number of amides is 1. The lowest BCUT2D eigenvalue weighted by molar-refractivity contribution is -0.130. The number of oxazole rings is 1. The van der Waals surface area contributed by atoms with Gasteiger partial charge in [-0.15, -0.1) is 0 Å². The number of ether oxygens (including phenoxy) is 1. The zero-order valence-corrected chi connectivity index (χ0v) is 16.7. The van der Waals surface area contributed by atoms with Crippen molar-refractivity contribution in [1.82, 2.24) is 9.47 Å². The van der Waals surface area contributed by atoms with Crippen molar-refractivity contribution in [3.05, 3.63) is 53.0 Å². The number of fused-ring (bicyclic) bond motifs is 1. The lowest BCUT2D eigenvalue weighted by Crippen LogP contribution is -2.33. The maximum Gasteiger partial charge on any atom is 0.420 e. The molecular weight excluding hydrogens is 393 g/mol. The number of hydrogen-bond acceptors (Lipinski definition) is 4. The van der Waals surface area contributed by atoms with Crippen LogP contribution in [-0.2, 0) is 11.3 Å². The molecule has 6 nitrogen and oxygen atoms in total. The van der Waals surface area contributed by atoms with E-state index in [1.165, 1.54) is 16.7 Å². The summed E-state index contributed by atoms with van der Waals surface area (Å²) in [6, 6.07) is 8.15. The molecule has 1 unspecified atom stereocenters. The summed E-state index contributed by atoms with van der Waals surface area (Å²) in [4.78, 5) is 26.7. The van der Waals surface area contributed by atoms with Crippen LogP contribution in [0.25, 0.3) is 22.2 Å². The first kappa shape index (κ1) is 20.2. The van der Waals surface area contributed by atoms with Crippen LogP contribution in [0.4, 0.5) is 8.78 Å². The predicted octanol–water partition coefficient (Wildman–Crippen LogP) is 2.69. The third-order valence-electron chi connectivity index (χ3n) is 5.22. The highest BCUT2D eigenvalue weighted by molar-refractivity contribution is 6.12. The van der Waals surface area contributed by atoms with Crippen molar-refractivity contribution < 1.29 is 22.7 Å². The third kappa shape index (κ3) is 4.24. The van der Waals surface area contributed by atoms with Gasteiger partial charge in [-0.1, -0.05) is 25.1 Å². The maximum absolute atomic E-state index is 13.0. The van der Waals surface area contributed by atoms with Crippen molar-refractivity contribution in [3.8, 4) is 16.9 Å². The lowest BCUT2D eigenvalue weighted by atomic mass is 10.0. The Kier molecular flexibility index (Phi) is 5.13. The summed E-state index contributed by atoms with van der Waals surface area (Å²) in [6.45, 7) is 3.40. The highest BCUT2D eigenvalue weighted by atomic mass is 19.3. The SMILES string of the molecule is BC(F)(F)Oc1ccc(-c2ccc3oc(=O)n(CC(=O)N4CCC(C)C4)c3c2)cc1. The van der Waals surface area contributed by atoms with Crippen LogP contribution in [0.15, 0.2) is 51.7 Å². The first-order valence-electron chi connectivity index (χ1n) is 9.78. The minimum Gasteiger partial charge on any atom is -0.441 e. The van der Waals surface area contributed by atoms with Gasteiger partial charge in [-0.3, -0.25) is 9.36 Å². The van der Waals surface area contributed by atoms with Gasteiger partial charge in [0, 0.05) is 13.1 Å². The van der Waals surface area contributed by atoms with E-state index >= 15 is 0 Å². The molecule has 1 aliphatic rings. The molecule has 9 heteroatoms. The van der Waals surface area contributed by atoms with Gasteiger partial charge < -0.3 is 14.1 Å². The average Bonchev–Trinajstić information content (AvgIpc) is 3.24. The van der Waals surface area contributed by atoms with E-state index < -0.39 is 11.8 Å². The number of carbonyl (C=O) groups is 1. The first-order chi connectivity index (χ1) is 14.2. The zero-order chi connectivity index (χ0) is 21.5. The first-order valence-corrected chi connectivity index (χ1v) is 9.78. The van der Waals surface area contributed by atoms with E-state index in [1.54, 1.807) is 35.2 Å². The predicted molar refractivity (Wildman–Crippen MR) is 110 cm³/mol. The summed E-state index contributed by atoms with van der Waals surface area (Å²) >= 11 is 0. The molecule has 1 atom stereocenters. The molecule has 1 saturated heterocycles. The fraction of sp³-hybridized carbons (Fsp3) is 0.333. The fourth-order valence-corrected chi connectivity index (χ4v) is 3.71. The van der Waals surface area contributed by atoms with Gasteiger partial charge >= 0.3 is 11.8 Å². The summed E-state index contributed by atoms with van der Waals surface area (Å²) in [5.74, 6) is -0.191. The molecule has 2 heterocycles. The Balaban J connectivity index is 1.61. The van der Waals surface area contributed by atoms with Gasteiger partial charge in [-0.2, -0.15) is 8.78 Å². The van der Waals surface area contributed by atoms with Gasteiger partial charge in [0.2, 0.25) is 13.8 Å². The molecule has 0 bridgehead atoms. The molecule has 156 valence electrons. The van der Waals surface area contributed by atoms with Crippen molar-refractivity contribution in [1.29, 1.82) is 0 Å². The number of aromatic nitrogens is 1. The van der Waals surface area contributed by atoms with Crippen LogP contribution in [0.3, 0.4) is 0 Å². The number of nitrogens with zero attached hydrogens (tertiary/aromatic N) is 2. The van der Waals surface area contributed by atoms with Crippen molar-refractivity contribution >= 4 is 24.9 Å². The van der Waals surface area contributed by atoms with Gasteiger partial charge in [0.1, 0.15) is 12.3 Å². The Hall–Kier alpha value is -3.10. The van der Waals surface area contributed by atoms with Gasteiger partial charge in [-0.05, 0) is 47.7 Å². The van der Waals surface area contributed by atoms with E-state index in [9.17, 15) is 18.4 Å². The van der Waals surface area contributed by atoms with Gasteiger partial charge in [-0.25, -0.2) is 4.79 Å². The molecule has 1 fully saturated rings. The molecule has 3 aromatic rings. The summed E-state index contributed by atoms with van der Waals surface area (Å²) in [6.07, 6.45) is 0.959. The average molecular weight is 414 g/mol. The zero-order valence-electron chi connectivity index (χ0n) is 16.7. The Morgan fingerprint density at radius 2 is 1.93 bits per heavy atom. The quantitative estimate of drug-likeness (QED) is 0.603. The molecule has 0 N–H and O–H groups in total. The topological polar surface area (TPSA) is 64.7 Å². The summed E-state index contributed by atoms with van der Waals surface area (Å²) in [7, 11) is 0.678. The lowest BCUT2D eigenvalue weighted by Gasteiger charge is -2.16. The summed E-state index contributed by atoms with van der Waals surface area (Å²) in [5.41, 5.74) is 2.41. The van der Waals surface area contributed by atoms with Crippen molar-refractivity contribution in [2.45, 2.75) is 25.9 Å². The van der Waals surface area contributed by atoms with Crippen LogP contribution in [0, 0.1) is 5.92 Å². The molecule has 30 heavy (non-hydrogen) atoms. The molecule has 0 aliphatic carbocycles. The molecule has 4 rings (SSSR count). The number of alkyl halides is 2. The molecular formula is C21H21BF2N2O4. The van der Waals surface area contributed by atoms with E-state index in [1.807, 2.05) is 0 Å². The van der Waals surface area contributed by atoms with Crippen molar-refractivity contribution in [3.63, 3.8) is 0 Å². The fourth-order valence-electron chi connectivity index (χ4n) is 3.71. The van der Waals surface area contributed by atoms with Crippen LogP contribution in [0.1, 0.15) is 13.3 Å². The molecule has 1 amide bonds.